The first-order chi connectivity index (χ1) is 13.0. The lowest BCUT2D eigenvalue weighted by atomic mass is 10.0. The average Bonchev–Trinajstić information content (AvgIpc) is 3.21. The molecule has 2 amide bonds. The number of carbonyl (C=O) groups is 2. The Morgan fingerprint density at radius 3 is 2.56 bits per heavy atom. The van der Waals surface area contributed by atoms with Crippen molar-refractivity contribution in [2.75, 3.05) is 6.54 Å². The molecule has 142 valence electrons. The number of amides is 2. The summed E-state index contributed by atoms with van der Waals surface area (Å²) in [6, 6.07) is 16.5. The fraction of sp³-hybridized carbons (Fsp3) is 0.364. The Hall–Kier alpha value is -2.50. The van der Waals surface area contributed by atoms with Crippen LogP contribution in [-0.2, 0) is 22.6 Å². The van der Waals surface area contributed by atoms with Crippen LogP contribution in [0.2, 0.25) is 0 Å². The standard InChI is InChI=1S/C22H27N3O2/c1-16-7-5-10-18(13-16)15-25(22(27)20-11-6-12-24-20)21(26)19(23)14-17-8-3-2-4-9-17/h2-5,7-10,13,19-20,24H,6,11-12,14-15,23H2,1H3/t19-,20+/m1/s1. The quantitative estimate of drug-likeness (QED) is 0.823. The molecular formula is C22H27N3O2. The van der Waals surface area contributed by atoms with E-state index in [4.69, 9.17) is 5.73 Å². The SMILES string of the molecule is Cc1cccc(CN(C(=O)[C@H](N)Cc2ccccc2)C(=O)[C@@H]2CCCN2)c1. The number of nitrogens with zero attached hydrogens (tertiary/aromatic N) is 1. The molecule has 1 saturated heterocycles. The fourth-order valence-electron chi connectivity index (χ4n) is 3.50. The van der Waals surface area contributed by atoms with Gasteiger partial charge in [0.05, 0.1) is 18.6 Å². The largest absolute Gasteiger partial charge is 0.320 e. The molecule has 0 aromatic heterocycles. The number of nitrogens with one attached hydrogen (secondary N) is 1. The Kier molecular flexibility index (Phi) is 6.37. The predicted octanol–water partition coefficient (Wildman–Crippen LogP) is 2.17. The predicted molar refractivity (Wildman–Crippen MR) is 106 cm³/mol. The van der Waals surface area contributed by atoms with Crippen molar-refractivity contribution in [1.82, 2.24) is 10.2 Å². The molecule has 3 rings (SSSR count). The molecule has 2 atom stereocenters. The summed E-state index contributed by atoms with van der Waals surface area (Å²) >= 11 is 0. The third kappa shape index (κ3) is 5.02. The van der Waals surface area contributed by atoms with Crippen LogP contribution in [0.1, 0.15) is 29.5 Å². The van der Waals surface area contributed by atoms with Crippen LogP contribution >= 0.6 is 0 Å². The van der Waals surface area contributed by atoms with Crippen molar-refractivity contribution in [3.63, 3.8) is 0 Å². The number of hydrogen-bond acceptors (Lipinski definition) is 4. The van der Waals surface area contributed by atoms with Crippen LogP contribution in [0.25, 0.3) is 0 Å². The number of hydrogen-bond donors (Lipinski definition) is 2. The smallest absolute Gasteiger partial charge is 0.246 e. The summed E-state index contributed by atoms with van der Waals surface area (Å²) in [6.07, 6.45) is 2.11. The molecule has 5 heteroatoms. The van der Waals surface area contributed by atoms with Crippen molar-refractivity contribution in [3.05, 3.63) is 71.3 Å². The van der Waals surface area contributed by atoms with Gasteiger partial charge in [0.15, 0.2) is 0 Å². The van der Waals surface area contributed by atoms with E-state index in [2.05, 4.69) is 5.32 Å². The summed E-state index contributed by atoms with van der Waals surface area (Å²) in [7, 11) is 0. The van der Waals surface area contributed by atoms with Crippen LogP contribution in [0, 0.1) is 6.92 Å². The van der Waals surface area contributed by atoms with Gasteiger partial charge in [0.1, 0.15) is 0 Å². The van der Waals surface area contributed by atoms with E-state index in [9.17, 15) is 9.59 Å². The molecule has 0 saturated carbocycles. The topological polar surface area (TPSA) is 75.4 Å². The minimum Gasteiger partial charge on any atom is -0.320 e. The normalized spacial score (nSPS) is 17.5. The third-order valence-electron chi connectivity index (χ3n) is 4.93. The maximum Gasteiger partial charge on any atom is 0.246 e. The number of nitrogens with two attached hydrogens (primary N) is 1. The number of aryl methyl sites for hydroxylation is 1. The van der Waals surface area contributed by atoms with Crippen molar-refractivity contribution in [2.24, 2.45) is 5.73 Å². The Labute approximate surface area is 160 Å². The molecule has 0 unspecified atom stereocenters. The van der Waals surface area contributed by atoms with Gasteiger partial charge in [-0.25, -0.2) is 0 Å². The van der Waals surface area contributed by atoms with Gasteiger partial charge >= 0.3 is 0 Å². The minimum atomic E-state index is -0.748. The molecule has 0 radical (unpaired) electrons. The molecule has 3 N–H and O–H groups in total. The van der Waals surface area contributed by atoms with Gasteiger partial charge in [0.25, 0.3) is 0 Å². The fourth-order valence-corrected chi connectivity index (χ4v) is 3.50. The second-order valence-electron chi connectivity index (χ2n) is 7.20. The van der Waals surface area contributed by atoms with E-state index in [1.807, 2.05) is 61.5 Å². The van der Waals surface area contributed by atoms with Crippen LogP contribution in [-0.4, -0.2) is 35.3 Å². The van der Waals surface area contributed by atoms with E-state index < -0.39 is 6.04 Å². The number of rotatable bonds is 6. The summed E-state index contributed by atoms with van der Waals surface area (Å²) < 4.78 is 0. The Bertz CT molecular complexity index is 785. The van der Waals surface area contributed by atoms with Crippen LogP contribution in [0.15, 0.2) is 54.6 Å². The molecule has 0 spiro atoms. The van der Waals surface area contributed by atoms with Crippen LogP contribution < -0.4 is 11.1 Å². The second kappa shape index (κ2) is 8.93. The molecule has 0 bridgehead atoms. The zero-order valence-corrected chi connectivity index (χ0v) is 15.7. The van der Waals surface area contributed by atoms with E-state index in [0.717, 1.165) is 36.1 Å². The lowest BCUT2D eigenvalue weighted by Crippen LogP contribution is -2.52. The van der Waals surface area contributed by atoms with Crippen LogP contribution in [0.3, 0.4) is 0 Å². The van der Waals surface area contributed by atoms with Crippen molar-refractivity contribution >= 4 is 11.8 Å². The summed E-state index contributed by atoms with van der Waals surface area (Å²) in [5, 5.41) is 3.19. The van der Waals surface area contributed by atoms with Crippen molar-refractivity contribution in [3.8, 4) is 0 Å². The van der Waals surface area contributed by atoms with E-state index in [1.165, 1.54) is 4.90 Å². The maximum absolute atomic E-state index is 13.1. The maximum atomic E-state index is 13.1. The highest BCUT2D eigenvalue weighted by Gasteiger charge is 2.33. The Balaban J connectivity index is 1.79. The molecule has 1 aliphatic heterocycles. The van der Waals surface area contributed by atoms with E-state index in [1.54, 1.807) is 0 Å². The first-order valence-electron chi connectivity index (χ1n) is 9.48. The second-order valence-corrected chi connectivity index (χ2v) is 7.20. The van der Waals surface area contributed by atoms with Gasteiger partial charge < -0.3 is 11.1 Å². The zero-order valence-electron chi connectivity index (χ0n) is 15.7. The number of benzene rings is 2. The monoisotopic (exact) mass is 365 g/mol. The summed E-state index contributed by atoms with van der Waals surface area (Å²) in [6.45, 7) is 3.05. The molecular weight excluding hydrogens is 338 g/mol. The molecule has 0 aliphatic carbocycles. The van der Waals surface area contributed by atoms with Gasteiger partial charge in [0.2, 0.25) is 11.8 Å². The summed E-state index contributed by atoms with van der Waals surface area (Å²) in [5.41, 5.74) is 9.22. The van der Waals surface area contributed by atoms with Crippen molar-refractivity contribution in [2.45, 2.75) is 44.8 Å². The number of imide groups is 1. The first-order valence-corrected chi connectivity index (χ1v) is 9.48. The van der Waals surface area contributed by atoms with Crippen molar-refractivity contribution < 1.29 is 9.59 Å². The van der Waals surface area contributed by atoms with Gasteiger partial charge in [-0.3, -0.25) is 14.5 Å². The molecule has 1 heterocycles. The first kappa shape index (κ1) is 19.3. The highest BCUT2D eigenvalue weighted by molar-refractivity contribution is 6.00. The van der Waals surface area contributed by atoms with E-state index >= 15 is 0 Å². The van der Waals surface area contributed by atoms with Gasteiger partial charge in [0, 0.05) is 0 Å². The lowest BCUT2D eigenvalue weighted by Gasteiger charge is -2.27. The van der Waals surface area contributed by atoms with Crippen LogP contribution in [0.4, 0.5) is 0 Å². The average molecular weight is 365 g/mol. The van der Waals surface area contributed by atoms with E-state index in [0.29, 0.717) is 6.42 Å². The van der Waals surface area contributed by atoms with Crippen LogP contribution in [0.5, 0.6) is 0 Å². The Morgan fingerprint density at radius 1 is 1.15 bits per heavy atom. The Morgan fingerprint density at radius 2 is 1.89 bits per heavy atom. The molecule has 27 heavy (non-hydrogen) atoms. The molecule has 1 aliphatic rings. The van der Waals surface area contributed by atoms with Crippen molar-refractivity contribution in [1.29, 1.82) is 0 Å². The summed E-state index contributed by atoms with van der Waals surface area (Å²) in [4.78, 5) is 27.4. The zero-order chi connectivity index (χ0) is 19.2. The highest BCUT2D eigenvalue weighted by Crippen LogP contribution is 2.15. The minimum absolute atomic E-state index is 0.178. The molecule has 2 aromatic carbocycles. The third-order valence-corrected chi connectivity index (χ3v) is 4.93. The van der Waals surface area contributed by atoms with Gasteiger partial charge in [-0.15, -0.1) is 0 Å². The van der Waals surface area contributed by atoms with Gasteiger partial charge in [-0.2, -0.15) is 0 Å². The highest BCUT2D eigenvalue weighted by atomic mass is 16.2. The number of carbonyl (C=O) groups excluding carboxylic acids is 2. The molecule has 1 fully saturated rings. The van der Waals surface area contributed by atoms with Gasteiger partial charge in [-0.1, -0.05) is 60.2 Å². The van der Waals surface area contributed by atoms with E-state index in [-0.39, 0.29) is 24.4 Å². The molecule has 5 nitrogen and oxygen atoms in total. The lowest BCUT2D eigenvalue weighted by molar-refractivity contribution is -0.147. The molecule has 2 aromatic rings. The van der Waals surface area contributed by atoms with Gasteiger partial charge in [-0.05, 0) is 43.9 Å². The summed E-state index contributed by atoms with van der Waals surface area (Å²) in [5.74, 6) is -0.499.